The average molecular weight is 815 g/mol. The van der Waals surface area contributed by atoms with Crippen LogP contribution in [0.1, 0.15) is 49.9 Å². The summed E-state index contributed by atoms with van der Waals surface area (Å²) in [5.41, 5.74) is 20.9. The van der Waals surface area contributed by atoms with E-state index in [0.717, 1.165) is 0 Å². The summed E-state index contributed by atoms with van der Waals surface area (Å²) in [4.78, 5) is 0. The number of benzene rings is 11. The van der Waals surface area contributed by atoms with Crippen molar-refractivity contribution in [2.75, 3.05) is 0 Å². The van der Waals surface area contributed by atoms with E-state index in [4.69, 9.17) is 0 Å². The van der Waals surface area contributed by atoms with Crippen molar-refractivity contribution in [2.24, 2.45) is 0 Å². The van der Waals surface area contributed by atoms with E-state index in [2.05, 4.69) is 234 Å². The Bertz CT molecular complexity index is 3770. The van der Waals surface area contributed by atoms with Gasteiger partial charge >= 0.3 is 0 Å². The number of hydrogen-bond donors (Lipinski definition) is 0. The molecular weight excluding hydrogens is 769 g/mol. The number of fused-ring (bicyclic) bond motifs is 10. The molecule has 2 aliphatic carbocycles. The Balaban J connectivity index is 1.06. The highest BCUT2D eigenvalue weighted by Crippen LogP contribution is 2.55. The highest BCUT2D eigenvalue weighted by atomic mass is 14.4. The van der Waals surface area contributed by atoms with E-state index in [1.807, 2.05) is 0 Å². The van der Waals surface area contributed by atoms with Gasteiger partial charge in [0.05, 0.1) is 0 Å². The highest BCUT2D eigenvalue weighted by Gasteiger charge is 2.38. The van der Waals surface area contributed by atoms with Crippen molar-refractivity contribution in [1.29, 1.82) is 0 Å². The van der Waals surface area contributed by atoms with Gasteiger partial charge in [-0.25, -0.2) is 0 Å². The monoisotopic (exact) mass is 814 g/mol. The Labute approximate surface area is 375 Å². The first kappa shape index (κ1) is 37.1. The molecule has 302 valence electrons. The van der Waals surface area contributed by atoms with E-state index < -0.39 is 0 Å². The molecule has 11 aromatic rings. The molecule has 0 bridgehead atoms. The standard InChI is InChI=1S/C64H46/c1-63(2)57-25-12-10-21-53(57)62-54(23-14-26-58(62)63)61-51-20-8-7-19-50(51)60(45-30-28-40-35-44(29-27-41(40)36-45)47-22-13-16-39-15-5-6-17-46(39)47)52-34-32-42(37-55(52)61)43-31-33-49-48-18-9-11-24-56(48)64(3,4)59(49)38-43/h5-38H,1-4H3. The molecule has 64 heavy (non-hydrogen) atoms. The maximum atomic E-state index is 2.50. The summed E-state index contributed by atoms with van der Waals surface area (Å²) in [5.74, 6) is 0. The second kappa shape index (κ2) is 13.5. The molecule has 0 aromatic heterocycles. The van der Waals surface area contributed by atoms with Crippen LogP contribution in [0.4, 0.5) is 0 Å². The fourth-order valence-corrected chi connectivity index (χ4v) is 11.9. The van der Waals surface area contributed by atoms with Gasteiger partial charge in [0.1, 0.15) is 0 Å². The molecule has 0 saturated carbocycles. The van der Waals surface area contributed by atoms with Crippen LogP contribution < -0.4 is 0 Å². The first-order valence-electron chi connectivity index (χ1n) is 22.7. The molecule has 0 radical (unpaired) electrons. The Kier molecular flexibility index (Phi) is 7.80. The zero-order chi connectivity index (χ0) is 42.9. The second-order valence-corrected chi connectivity index (χ2v) is 19.2. The van der Waals surface area contributed by atoms with Crippen molar-refractivity contribution < 1.29 is 0 Å². The molecule has 0 amide bonds. The molecule has 0 heterocycles. The fourth-order valence-electron chi connectivity index (χ4n) is 11.9. The first-order chi connectivity index (χ1) is 31.3. The van der Waals surface area contributed by atoms with Gasteiger partial charge in [-0.1, -0.05) is 210 Å². The van der Waals surface area contributed by atoms with E-state index in [-0.39, 0.29) is 10.8 Å². The molecule has 11 aromatic carbocycles. The van der Waals surface area contributed by atoms with Gasteiger partial charge in [-0.2, -0.15) is 0 Å². The zero-order valence-electron chi connectivity index (χ0n) is 36.6. The third-order valence-electron chi connectivity index (χ3n) is 15.0. The van der Waals surface area contributed by atoms with Gasteiger partial charge in [0.2, 0.25) is 0 Å². The minimum Gasteiger partial charge on any atom is -0.0619 e. The minimum absolute atomic E-state index is 0.0795. The topological polar surface area (TPSA) is 0 Å². The van der Waals surface area contributed by atoms with Gasteiger partial charge in [0.15, 0.2) is 0 Å². The summed E-state index contributed by atoms with van der Waals surface area (Å²) in [6.07, 6.45) is 0. The van der Waals surface area contributed by atoms with E-state index in [9.17, 15) is 0 Å². The normalized spacial score (nSPS) is 14.2. The lowest BCUT2D eigenvalue weighted by Gasteiger charge is -2.23. The van der Waals surface area contributed by atoms with Crippen molar-refractivity contribution in [3.05, 3.63) is 229 Å². The average Bonchev–Trinajstić information content (AvgIpc) is 3.72. The van der Waals surface area contributed by atoms with Gasteiger partial charge in [0.25, 0.3) is 0 Å². The van der Waals surface area contributed by atoms with E-state index >= 15 is 0 Å². The van der Waals surface area contributed by atoms with E-state index in [1.54, 1.807) is 0 Å². The Morgan fingerprint density at radius 1 is 0.234 bits per heavy atom. The molecule has 0 atom stereocenters. The van der Waals surface area contributed by atoms with Gasteiger partial charge in [-0.3, -0.25) is 0 Å². The van der Waals surface area contributed by atoms with Crippen molar-refractivity contribution >= 4 is 43.1 Å². The summed E-state index contributed by atoms with van der Waals surface area (Å²) < 4.78 is 0. The molecule has 0 saturated heterocycles. The molecule has 0 nitrogen and oxygen atoms in total. The fraction of sp³-hybridized carbons (Fsp3) is 0.0938. The van der Waals surface area contributed by atoms with Crippen LogP contribution in [0.25, 0.3) is 110 Å². The molecule has 0 fully saturated rings. The lowest BCUT2D eigenvalue weighted by Crippen LogP contribution is -2.14. The lowest BCUT2D eigenvalue weighted by molar-refractivity contribution is 0.660. The van der Waals surface area contributed by atoms with Crippen LogP contribution in [0.15, 0.2) is 206 Å². The summed E-state index contributed by atoms with van der Waals surface area (Å²) in [7, 11) is 0. The first-order valence-corrected chi connectivity index (χ1v) is 22.7. The number of hydrogen-bond acceptors (Lipinski definition) is 0. The van der Waals surface area contributed by atoms with Crippen molar-refractivity contribution in [2.45, 2.75) is 38.5 Å². The maximum Gasteiger partial charge on any atom is 0.0159 e. The SMILES string of the molecule is CC1(C)c2ccccc2-c2ccc(-c3ccc4c(-c5ccc6cc(-c7cccc8ccccc78)ccc6c5)c5ccccc5c(-c5cccc6c5-c5ccccc5C6(C)C)c4c3)cc21. The van der Waals surface area contributed by atoms with Crippen molar-refractivity contribution in [1.82, 2.24) is 0 Å². The molecule has 13 rings (SSSR count). The predicted octanol–water partition coefficient (Wildman–Crippen LogP) is 17.6. The van der Waals surface area contributed by atoms with Crippen molar-refractivity contribution in [3.8, 4) is 66.8 Å². The van der Waals surface area contributed by atoms with Crippen LogP contribution in [0.2, 0.25) is 0 Å². The second-order valence-electron chi connectivity index (χ2n) is 19.2. The number of rotatable bonds is 4. The van der Waals surface area contributed by atoms with E-state index in [0.29, 0.717) is 0 Å². The Morgan fingerprint density at radius 2 is 0.734 bits per heavy atom. The van der Waals surface area contributed by atoms with Gasteiger partial charge in [-0.05, 0) is 156 Å². The Morgan fingerprint density at radius 3 is 1.55 bits per heavy atom. The molecule has 0 N–H and O–H groups in total. The van der Waals surface area contributed by atoms with Crippen LogP contribution >= 0.6 is 0 Å². The van der Waals surface area contributed by atoms with Crippen LogP contribution in [-0.4, -0.2) is 0 Å². The smallest absolute Gasteiger partial charge is 0.0159 e. The molecule has 0 spiro atoms. The summed E-state index contributed by atoms with van der Waals surface area (Å²) >= 11 is 0. The maximum absolute atomic E-state index is 2.50. The van der Waals surface area contributed by atoms with Gasteiger partial charge < -0.3 is 0 Å². The predicted molar refractivity (Wildman–Crippen MR) is 273 cm³/mol. The van der Waals surface area contributed by atoms with Crippen molar-refractivity contribution in [3.63, 3.8) is 0 Å². The lowest BCUT2D eigenvalue weighted by atomic mass is 9.80. The highest BCUT2D eigenvalue weighted by molar-refractivity contribution is 6.23. The molecule has 0 heteroatoms. The van der Waals surface area contributed by atoms with Gasteiger partial charge in [0, 0.05) is 10.8 Å². The largest absolute Gasteiger partial charge is 0.0619 e. The van der Waals surface area contributed by atoms with Crippen LogP contribution in [0, 0.1) is 0 Å². The molecular formula is C64H46. The minimum atomic E-state index is -0.105. The molecule has 2 aliphatic rings. The van der Waals surface area contributed by atoms with E-state index in [1.165, 1.54) is 132 Å². The Hall–Kier alpha value is -7.54. The van der Waals surface area contributed by atoms with Crippen LogP contribution in [-0.2, 0) is 10.8 Å². The summed E-state index contributed by atoms with van der Waals surface area (Å²) in [5, 5.41) is 10.1. The van der Waals surface area contributed by atoms with Crippen LogP contribution in [0.5, 0.6) is 0 Å². The third kappa shape index (κ3) is 5.23. The molecule has 0 aliphatic heterocycles. The van der Waals surface area contributed by atoms with Crippen LogP contribution in [0.3, 0.4) is 0 Å². The third-order valence-corrected chi connectivity index (χ3v) is 15.0. The molecule has 0 unspecified atom stereocenters. The summed E-state index contributed by atoms with van der Waals surface area (Å²) in [6.45, 7) is 9.53. The quantitative estimate of drug-likeness (QED) is 0.155. The summed E-state index contributed by atoms with van der Waals surface area (Å²) in [6, 6.07) is 78.0. The zero-order valence-corrected chi connectivity index (χ0v) is 36.6. The van der Waals surface area contributed by atoms with Gasteiger partial charge in [-0.15, -0.1) is 0 Å².